The highest BCUT2D eigenvalue weighted by Crippen LogP contribution is 2.17. The number of carbonyl (C=O) groups excluding carboxylic acids is 1. The zero-order chi connectivity index (χ0) is 13.6. The first kappa shape index (κ1) is 14.6. The van der Waals surface area contributed by atoms with E-state index in [9.17, 15) is 4.79 Å². The van der Waals surface area contributed by atoms with Gasteiger partial charge in [0.25, 0.3) is 0 Å². The summed E-state index contributed by atoms with van der Waals surface area (Å²) in [5.74, 6) is 0. The van der Waals surface area contributed by atoms with Gasteiger partial charge in [-0.3, -0.25) is 0 Å². The molecule has 0 atom stereocenters. The van der Waals surface area contributed by atoms with Gasteiger partial charge in [-0.25, -0.2) is 4.79 Å². The number of amides is 2. The molecule has 0 bridgehead atoms. The quantitative estimate of drug-likeness (QED) is 0.752. The van der Waals surface area contributed by atoms with Crippen LogP contribution in [0.2, 0.25) is 0 Å². The van der Waals surface area contributed by atoms with Crippen LogP contribution < -0.4 is 10.6 Å². The van der Waals surface area contributed by atoms with Crippen LogP contribution >= 0.6 is 0 Å². The standard InChI is InChI=1S/C14H27N3O2/c1-17(9-11-19-12-10-17)8-7-15-14(18)16-13-5-3-2-4-6-13/h13H,2-12H2,1H3,(H-,15,16,18)/p+1. The third kappa shape index (κ3) is 4.99. The van der Waals surface area contributed by atoms with E-state index >= 15 is 0 Å². The number of quaternary nitrogens is 1. The average molecular weight is 270 g/mol. The van der Waals surface area contributed by atoms with Gasteiger partial charge >= 0.3 is 6.03 Å². The Bertz CT molecular complexity index is 284. The Morgan fingerprint density at radius 3 is 2.58 bits per heavy atom. The lowest BCUT2D eigenvalue weighted by Crippen LogP contribution is -2.55. The van der Waals surface area contributed by atoms with Crippen molar-refractivity contribution in [2.75, 3.05) is 46.4 Å². The average Bonchev–Trinajstić information content (AvgIpc) is 2.40. The number of hydrogen-bond acceptors (Lipinski definition) is 2. The van der Waals surface area contributed by atoms with Crippen molar-refractivity contribution in [2.24, 2.45) is 0 Å². The number of rotatable bonds is 4. The molecule has 110 valence electrons. The normalized spacial score (nSPS) is 23.8. The summed E-state index contributed by atoms with van der Waals surface area (Å²) in [6, 6.07) is 0.397. The molecule has 0 aromatic heterocycles. The van der Waals surface area contributed by atoms with Gasteiger partial charge in [-0.15, -0.1) is 0 Å². The summed E-state index contributed by atoms with van der Waals surface area (Å²) in [4.78, 5) is 11.8. The Kier molecular flexibility index (Phi) is 5.45. The monoisotopic (exact) mass is 270 g/mol. The number of carbonyl (C=O) groups is 1. The molecule has 5 nitrogen and oxygen atoms in total. The highest BCUT2D eigenvalue weighted by Gasteiger charge is 2.24. The van der Waals surface area contributed by atoms with Crippen molar-refractivity contribution < 1.29 is 14.0 Å². The lowest BCUT2D eigenvalue weighted by atomic mass is 9.96. The topological polar surface area (TPSA) is 50.4 Å². The molecule has 0 spiro atoms. The molecule has 1 heterocycles. The zero-order valence-corrected chi connectivity index (χ0v) is 12.1. The molecule has 2 fully saturated rings. The van der Waals surface area contributed by atoms with Crippen molar-refractivity contribution >= 4 is 6.03 Å². The van der Waals surface area contributed by atoms with Crippen LogP contribution in [0.4, 0.5) is 4.79 Å². The number of likely N-dealkylation sites (N-methyl/N-ethyl adjacent to an activating group) is 1. The molecule has 2 amide bonds. The maximum absolute atomic E-state index is 11.8. The predicted octanol–water partition coefficient (Wildman–Crippen LogP) is 1.10. The van der Waals surface area contributed by atoms with Gasteiger partial charge in [0, 0.05) is 6.04 Å². The van der Waals surface area contributed by atoms with E-state index in [1.54, 1.807) is 0 Å². The minimum Gasteiger partial charge on any atom is -0.370 e. The van der Waals surface area contributed by atoms with Gasteiger partial charge < -0.3 is 19.9 Å². The van der Waals surface area contributed by atoms with Crippen LogP contribution in [0, 0.1) is 0 Å². The molecule has 2 aliphatic rings. The number of ether oxygens (including phenoxy) is 1. The summed E-state index contributed by atoms with van der Waals surface area (Å²) < 4.78 is 6.38. The van der Waals surface area contributed by atoms with Crippen LogP contribution in [0.3, 0.4) is 0 Å². The lowest BCUT2D eigenvalue weighted by Gasteiger charge is -2.37. The van der Waals surface area contributed by atoms with E-state index in [1.165, 1.54) is 19.3 Å². The van der Waals surface area contributed by atoms with Crippen molar-refractivity contribution in [3.8, 4) is 0 Å². The maximum atomic E-state index is 11.8. The fourth-order valence-corrected chi connectivity index (χ4v) is 2.93. The van der Waals surface area contributed by atoms with Gasteiger partial charge in [0.15, 0.2) is 0 Å². The van der Waals surface area contributed by atoms with Crippen molar-refractivity contribution in [2.45, 2.75) is 38.1 Å². The molecule has 1 aliphatic heterocycles. The summed E-state index contributed by atoms with van der Waals surface area (Å²) >= 11 is 0. The second kappa shape index (κ2) is 7.10. The van der Waals surface area contributed by atoms with Crippen molar-refractivity contribution in [3.05, 3.63) is 0 Å². The van der Waals surface area contributed by atoms with Gasteiger partial charge in [-0.1, -0.05) is 19.3 Å². The molecule has 19 heavy (non-hydrogen) atoms. The third-order valence-electron chi connectivity index (χ3n) is 4.43. The SMILES string of the molecule is C[N+]1(CCNC(=O)NC2CCCCC2)CCOCC1. The van der Waals surface area contributed by atoms with Crippen molar-refractivity contribution in [3.63, 3.8) is 0 Å². The Balaban J connectivity index is 1.60. The van der Waals surface area contributed by atoms with Gasteiger partial charge in [-0.05, 0) is 12.8 Å². The molecule has 2 N–H and O–H groups in total. The van der Waals surface area contributed by atoms with E-state index in [-0.39, 0.29) is 6.03 Å². The summed E-state index contributed by atoms with van der Waals surface area (Å²) in [5.41, 5.74) is 0. The van der Waals surface area contributed by atoms with E-state index in [4.69, 9.17) is 4.74 Å². The molecular weight excluding hydrogens is 242 g/mol. The second-order valence-electron chi connectivity index (χ2n) is 6.14. The Morgan fingerprint density at radius 1 is 1.21 bits per heavy atom. The number of nitrogens with zero attached hydrogens (tertiary/aromatic N) is 1. The Morgan fingerprint density at radius 2 is 1.89 bits per heavy atom. The minimum atomic E-state index is 0.00626. The molecule has 0 aromatic rings. The summed E-state index contributed by atoms with van der Waals surface area (Å²) in [6.45, 7) is 5.50. The molecule has 0 radical (unpaired) electrons. The van der Waals surface area contributed by atoms with Crippen molar-refractivity contribution in [1.82, 2.24) is 10.6 Å². The minimum absolute atomic E-state index is 0.00626. The van der Waals surface area contributed by atoms with E-state index in [0.717, 1.165) is 56.7 Å². The fourth-order valence-electron chi connectivity index (χ4n) is 2.93. The van der Waals surface area contributed by atoms with Gasteiger partial charge in [0.1, 0.15) is 13.1 Å². The van der Waals surface area contributed by atoms with Gasteiger partial charge in [-0.2, -0.15) is 0 Å². The first-order valence-corrected chi connectivity index (χ1v) is 7.64. The summed E-state index contributed by atoms with van der Waals surface area (Å²) in [5, 5.41) is 6.08. The number of morpholine rings is 1. The lowest BCUT2D eigenvalue weighted by molar-refractivity contribution is -0.915. The third-order valence-corrected chi connectivity index (χ3v) is 4.43. The first-order chi connectivity index (χ1) is 9.18. The van der Waals surface area contributed by atoms with Gasteiger partial charge in [0.05, 0.1) is 33.4 Å². The largest absolute Gasteiger partial charge is 0.370 e. The second-order valence-corrected chi connectivity index (χ2v) is 6.14. The number of nitrogens with one attached hydrogen (secondary N) is 2. The molecule has 1 aliphatic carbocycles. The zero-order valence-electron chi connectivity index (χ0n) is 12.1. The summed E-state index contributed by atoms with van der Waals surface area (Å²) in [6.07, 6.45) is 6.09. The first-order valence-electron chi connectivity index (χ1n) is 7.64. The molecule has 0 unspecified atom stereocenters. The van der Waals surface area contributed by atoms with Crippen LogP contribution in [-0.2, 0) is 4.74 Å². The summed E-state index contributed by atoms with van der Waals surface area (Å²) in [7, 11) is 2.24. The maximum Gasteiger partial charge on any atom is 0.315 e. The molecule has 1 saturated heterocycles. The van der Waals surface area contributed by atoms with Crippen LogP contribution in [0.5, 0.6) is 0 Å². The van der Waals surface area contributed by atoms with Crippen molar-refractivity contribution in [1.29, 1.82) is 0 Å². The molecular formula is C14H28N3O2+. The molecule has 0 aromatic carbocycles. The number of hydrogen-bond donors (Lipinski definition) is 2. The predicted molar refractivity (Wildman–Crippen MR) is 75.0 cm³/mol. The highest BCUT2D eigenvalue weighted by atomic mass is 16.5. The van der Waals surface area contributed by atoms with Gasteiger partial charge in [0.2, 0.25) is 0 Å². The molecule has 5 heteroatoms. The van der Waals surface area contributed by atoms with Crippen LogP contribution in [0.15, 0.2) is 0 Å². The van der Waals surface area contributed by atoms with E-state index < -0.39 is 0 Å². The number of urea groups is 1. The van der Waals surface area contributed by atoms with Crippen LogP contribution in [-0.4, -0.2) is 63.0 Å². The highest BCUT2D eigenvalue weighted by molar-refractivity contribution is 5.74. The molecule has 2 rings (SSSR count). The fraction of sp³-hybridized carbons (Fsp3) is 0.929. The van der Waals surface area contributed by atoms with Crippen LogP contribution in [0.25, 0.3) is 0 Å². The smallest absolute Gasteiger partial charge is 0.315 e. The molecule has 1 saturated carbocycles. The van der Waals surface area contributed by atoms with E-state index in [0.29, 0.717) is 6.04 Å². The van der Waals surface area contributed by atoms with E-state index in [1.807, 2.05) is 0 Å². The Hall–Kier alpha value is -0.810. The Labute approximate surface area is 116 Å². The van der Waals surface area contributed by atoms with E-state index in [2.05, 4.69) is 17.7 Å². The van der Waals surface area contributed by atoms with Crippen LogP contribution in [0.1, 0.15) is 32.1 Å².